The van der Waals surface area contributed by atoms with Crippen LogP contribution in [0.15, 0.2) is 50.9 Å². The average molecular weight is 481 g/mol. The van der Waals surface area contributed by atoms with Crippen LogP contribution >= 0.6 is 23.2 Å². The quantitative estimate of drug-likeness (QED) is 0.556. The van der Waals surface area contributed by atoms with Gasteiger partial charge in [0.15, 0.2) is 5.65 Å². The Morgan fingerprint density at radius 3 is 2.39 bits per heavy atom. The second kappa shape index (κ2) is 8.34. The van der Waals surface area contributed by atoms with Gasteiger partial charge < -0.3 is 0 Å². The van der Waals surface area contributed by atoms with Crippen molar-refractivity contribution in [2.24, 2.45) is 11.8 Å². The van der Waals surface area contributed by atoms with E-state index >= 15 is 0 Å². The summed E-state index contributed by atoms with van der Waals surface area (Å²) in [5, 5.41) is 15.1. The van der Waals surface area contributed by atoms with Gasteiger partial charge in [-0.2, -0.15) is 9.78 Å². The maximum Gasteiger partial charge on any atom is 0.280 e. The zero-order valence-corrected chi connectivity index (χ0v) is 20.3. The van der Waals surface area contributed by atoms with Crippen molar-refractivity contribution < 1.29 is 0 Å². The van der Waals surface area contributed by atoms with E-state index in [9.17, 15) is 10.1 Å². The molecule has 2 aromatic rings. The van der Waals surface area contributed by atoms with E-state index in [4.69, 9.17) is 23.2 Å². The highest BCUT2D eigenvalue weighted by Crippen LogP contribution is 2.51. The third-order valence-corrected chi connectivity index (χ3v) is 8.08. The van der Waals surface area contributed by atoms with Crippen LogP contribution in [0, 0.1) is 23.2 Å². The van der Waals surface area contributed by atoms with Crippen LogP contribution in [0.1, 0.15) is 69.2 Å². The van der Waals surface area contributed by atoms with E-state index in [0.717, 1.165) is 53.4 Å². The Balaban J connectivity index is 1.72. The molecule has 0 spiro atoms. The zero-order valence-electron chi connectivity index (χ0n) is 18.8. The first-order valence-electron chi connectivity index (χ1n) is 11.5. The lowest BCUT2D eigenvalue weighted by atomic mass is 9.68. The molecule has 0 saturated heterocycles. The molecule has 170 valence electrons. The maximum absolute atomic E-state index is 13.6. The van der Waals surface area contributed by atoms with Gasteiger partial charge in [0.25, 0.3) is 5.56 Å². The first-order valence-corrected chi connectivity index (χ1v) is 12.3. The Hall–Kier alpha value is -2.55. The molecule has 5 nitrogen and oxygen atoms in total. The van der Waals surface area contributed by atoms with Crippen LogP contribution in [0.3, 0.4) is 0 Å². The molecule has 2 atom stereocenters. The Kier molecular flexibility index (Phi) is 5.63. The molecule has 1 fully saturated rings. The molecule has 0 radical (unpaired) electrons. The van der Waals surface area contributed by atoms with Gasteiger partial charge >= 0.3 is 0 Å². The summed E-state index contributed by atoms with van der Waals surface area (Å²) in [7, 11) is 0. The lowest BCUT2D eigenvalue weighted by Gasteiger charge is -2.36. The van der Waals surface area contributed by atoms with E-state index in [1.807, 2.05) is 18.2 Å². The van der Waals surface area contributed by atoms with E-state index in [0.29, 0.717) is 23.2 Å². The van der Waals surface area contributed by atoms with Crippen LogP contribution < -0.4 is 5.56 Å². The highest BCUT2D eigenvalue weighted by atomic mass is 35.5. The van der Waals surface area contributed by atoms with Crippen LogP contribution in [-0.2, 0) is 5.41 Å². The number of aromatic amines is 1. The van der Waals surface area contributed by atoms with Crippen molar-refractivity contribution in [1.82, 2.24) is 14.6 Å². The number of aromatic nitrogens is 3. The number of H-pyrrole nitrogens is 1. The van der Waals surface area contributed by atoms with Gasteiger partial charge in [0.2, 0.25) is 0 Å². The van der Waals surface area contributed by atoms with Crippen molar-refractivity contribution in [2.75, 3.05) is 0 Å². The fourth-order valence-corrected chi connectivity index (χ4v) is 6.53. The summed E-state index contributed by atoms with van der Waals surface area (Å²) < 4.78 is 1.47. The molecule has 1 saturated carbocycles. The fraction of sp³-hybridized carbons (Fsp3) is 0.423. The molecule has 2 unspecified atom stereocenters. The number of nitrogens with one attached hydrogen (secondary N) is 1. The minimum absolute atomic E-state index is 0.117. The summed E-state index contributed by atoms with van der Waals surface area (Å²) in [5.74, 6) is 0.384. The van der Waals surface area contributed by atoms with E-state index in [1.54, 1.807) is 6.20 Å². The van der Waals surface area contributed by atoms with E-state index in [1.165, 1.54) is 10.1 Å². The van der Waals surface area contributed by atoms with Crippen molar-refractivity contribution in [1.29, 1.82) is 5.26 Å². The van der Waals surface area contributed by atoms with Crippen LogP contribution in [0.4, 0.5) is 0 Å². The highest BCUT2D eigenvalue weighted by Gasteiger charge is 2.45. The first kappa shape index (κ1) is 22.3. The van der Waals surface area contributed by atoms with Gasteiger partial charge in [-0.05, 0) is 55.2 Å². The molecule has 0 aliphatic heterocycles. The number of rotatable bonds is 3. The van der Waals surface area contributed by atoms with Gasteiger partial charge in [-0.3, -0.25) is 9.89 Å². The Bertz CT molecular complexity index is 1360. The largest absolute Gasteiger partial charge is 0.291 e. The molecule has 0 bridgehead atoms. The third-order valence-electron chi connectivity index (χ3n) is 7.52. The molecule has 2 aromatic heterocycles. The smallest absolute Gasteiger partial charge is 0.280 e. The van der Waals surface area contributed by atoms with Crippen molar-refractivity contribution >= 4 is 34.4 Å². The van der Waals surface area contributed by atoms with Crippen molar-refractivity contribution in [2.45, 2.75) is 57.8 Å². The number of nitriles is 1. The number of halogens is 2. The van der Waals surface area contributed by atoms with Gasteiger partial charge in [-0.15, -0.1) is 0 Å². The molecule has 33 heavy (non-hydrogen) atoms. The van der Waals surface area contributed by atoms with Gasteiger partial charge in [-0.1, -0.05) is 67.6 Å². The highest BCUT2D eigenvalue weighted by molar-refractivity contribution is 6.30. The summed E-state index contributed by atoms with van der Waals surface area (Å²) in [5.41, 5.74) is 3.90. The Morgan fingerprint density at radius 1 is 1.09 bits per heavy atom. The van der Waals surface area contributed by atoms with E-state index in [-0.39, 0.29) is 22.8 Å². The molecule has 5 rings (SSSR count). The van der Waals surface area contributed by atoms with Gasteiger partial charge in [0.1, 0.15) is 11.6 Å². The fourth-order valence-electron chi connectivity index (χ4n) is 5.94. The molecule has 1 N–H and O–H groups in total. The molecule has 0 aromatic carbocycles. The van der Waals surface area contributed by atoms with Crippen LogP contribution in [0.25, 0.3) is 11.2 Å². The SMILES string of the molecule is CC1CC(Cl)=CC=C1c1cnc2c(C#N)c(C3(C4=CC=C(Cl)CC4C)CCCC3)[nH]n2c1=O. The van der Waals surface area contributed by atoms with Gasteiger partial charge in [0.05, 0.1) is 11.3 Å². The van der Waals surface area contributed by atoms with Crippen molar-refractivity contribution in [3.63, 3.8) is 0 Å². The summed E-state index contributed by atoms with van der Waals surface area (Å²) in [4.78, 5) is 18.2. The molecule has 2 heterocycles. The van der Waals surface area contributed by atoms with Crippen LogP contribution in [0.5, 0.6) is 0 Å². The number of allylic oxidation sites excluding steroid dienone is 8. The molecule has 7 heteroatoms. The Morgan fingerprint density at radius 2 is 1.76 bits per heavy atom. The minimum atomic E-state index is -0.313. The van der Waals surface area contributed by atoms with Crippen LogP contribution in [-0.4, -0.2) is 14.6 Å². The number of nitrogens with zero attached hydrogens (tertiary/aromatic N) is 3. The second-order valence-corrected chi connectivity index (χ2v) is 10.6. The predicted molar refractivity (Wildman–Crippen MR) is 132 cm³/mol. The average Bonchev–Trinajstić information content (AvgIpc) is 3.40. The molecule has 0 amide bonds. The predicted octanol–water partition coefficient (Wildman–Crippen LogP) is 6.34. The third kappa shape index (κ3) is 3.52. The second-order valence-electron chi connectivity index (χ2n) is 9.58. The normalized spacial score (nSPS) is 24.7. The van der Waals surface area contributed by atoms with E-state index < -0.39 is 0 Å². The zero-order chi connectivity index (χ0) is 23.3. The summed E-state index contributed by atoms with van der Waals surface area (Å²) in [6, 6.07) is 2.36. The first-order chi connectivity index (χ1) is 15.9. The monoisotopic (exact) mass is 480 g/mol. The lowest BCUT2D eigenvalue weighted by molar-refractivity contribution is 0.437. The lowest BCUT2D eigenvalue weighted by Crippen LogP contribution is -2.31. The molecule has 3 aliphatic rings. The number of fused-ring (bicyclic) bond motifs is 1. The van der Waals surface area contributed by atoms with Crippen LogP contribution in [0.2, 0.25) is 0 Å². The maximum atomic E-state index is 13.6. The van der Waals surface area contributed by atoms with Crippen molar-refractivity contribution in [3.05, 3.63) is 73.3 Å². The van der Waals surface area contributed by atoms with Gasteiger partial charge in [0, 0.05) is 21.7 Å². The minimum Gasteiger partial charge on any atom is -0.291 e. The number of hydrogen-bond acceptors (Lipinski definition) is 3. The Labute approximate surface area is 203 Å². The summed E-state index contributed by atoms with van der Waals surface area (Å²) in [6.07, 6.45) is 15.0. The topological polar surface area (TPSA) is 73.9 Å². The summed E-state index contributed by atoms with van der Waals surface area (Å²) in [6.45, 7) is 4.24. The van der Waals surface area contributed by atoms with Crippen molar-refractivity contribution in [3.8, 4) is 6.07 Å². The molecular formula is C26H26Cl2N4O. The number of hydrogen-bond donors (Lipinski definition) is 1. The summed E-state index contributed by atoms with van der Waals surface area (Å²) >= 11 is 12.5. The molecule has 3 aliphatic carbocycles. The standard InChI is InChI=1S/C26H26Cl2N4O/c1-15-11-17(27)5-7-19(15)21-14-30-24-20(13-29)23(31-32(24)25(21)33)26(9-3-4-10-26)22-8-6-18(28)12-16(22)2/h5-8,14-16,31H,3-4,9-12H2,1-2H3. The molecular weight excluding hydrogens is 455 g/mol. The van der Waals surface area contributed by atoms with E-state index in [2.05, 4.69) is 36.1 Å². The van der Waals surface area contributed by atoms with Gasteiger partial charge in [-0.25, -0.2) is 4.98 Å².